The van der Waals surface area contributed by atoms with Gasteiger partial charge in [0.1, 0.15) is 5.58 Å². The molecule has 0 spiro atoms. The minimum atomic E-state index is -1.28. The fraction of sp³-hybridized carbons (Fsp3) is 0. The molecule has 2 heterocycles. The van der Waals surface area contributed by atoms with Gasteiger partial charge in [0.05, 0.1) is 57.8 Å². The smallest absolute Gasteiger partial charge is 0.159 e. The highest BCUT2D eigenvalue weighted by Crippen LogP contribution is 2.44. The first-order chi connectivity index (χ1) is 36.8. The summed E-state index contributed by atoms with van der Waals surface area (Å²) < 4.78 is 276. The van der Waals surface area contributed by atoms with Crippen LogP contribution in [0, 0.1) is 0 Å². The van der Waals surface area contributed by atoms with Gasteiger partial charge in [-0.1, -0.05) is 121 Å². The van der Waals surface area contributed by atoms with Crippen LogP contribution in [0.3, 0.4) is 0 Å². The van der Waals surface area contributed by atoms with Crippen molar-refractivity contribution in [2.24, 2.45) is 0 Å². The lowest BCUT2D eigenvalue weighted by Gasteiger charge is -2.26. The molecule has 2 aromatic heterocycles. The summed E-state index contributed by atoms with van der Waals surface area (Å²) in [4.78, 5) is 0.397. The van der Waals surface area contributed by atoms with Crippen molar-refractivity contribution in [1.29, 1.82) is 0 Å². The van der Waals surface area contributed by atoms with Crippen molar-refractivity contribution >= 4 is 71.6 Å². The number of aromatic nitrogens is 1. The summed E-state index contributed by atoms with van der Waals surface area (Å²) in [5.41, 5.74) is -8.75. The van der Waals surface area contributed by atoms with Crippen LogP contribution in [0.2, 0.25) is 0 Å². The maximum atomic E-state index is 9.77. The van der Waals surface area contributed by atoms with Crippen LogP contribution in [0.25, 0.3) is 71.3 Å². The zero-order valence-electron chi connectivity index (χ0n) is 54.3. The number of rotatable bonds is 5. The fourth-order valence-electron chi connectivity index (χ4n) is 5.50. The van der Waals surface area contributed by atoms with Crippen LogP contribution in [0.5, 0.6) is 0 Å². The third-order valence-electron chi connectivity index (χ3n) is 7.61. The number of anilines is 3. The lowest BCUT2D eigenvalue weighted by molar-refractivity contribution is 0.673. The van der Waals surface area contributed by atoms with E-state index in [9.17, 15) is 12.3 Å². The van der Waals surface area contributed by atoms with Gasteiger partial charge in [0.25, 0.3) is 0 Å². The predicted octanol–water partition coefficient (Wildman–Crippen LogP) is 13.0. The van der Waals surface area contributed by atoms with E-state index in [-0.39, 0.29) is 0 Å². The van der Waals surface area contributed by atoms with E-state index in [1.807, 2.05) is 0 Å². The van der Waals surface area contributed by atoms with Crippen molar-refractivity contribution in [3.63, 3.8) is 0 Å². The highest BCUT2D eigenvalue weighted by molar-refractivity contribution is 6.17. The Kier molecular flexibility index (Phi) is 2.47. The van der Waals surface area contributed by atoms with E-state index < -0.39 is 270 Å². The van der Waals surface area contributed by atoms with Crippen molar-refractivity contribution in [3.05, 3.63) is 181 Å². The summed E-state index contributed by atoms with van der Waals surface area (Å²) in [5, 5.41) is -3.37. The Morgan fingerprint density at radius 1 is 0.408 bits per heavy atom. The van der Waals surface area contributed by atoms with Gasteiger partial charge in [-0.2, -0.15) is 0 Å². The van der Waals surface area contributed by atoms with Crippen LogP contribution in [0.4, 0.5) is 17.1 Å². The van der Waals surface area contributed by atoms with Gasteiger partial charge in [0.2, 0.25) is 0 Å². The molecule has 0 bridgehead atoms. The zero-order valence-corrected chi connectivity index (χ0v) is 24.3. The van der Waals surface area contributed by atoms with Crippen LogP contribution >= 0.6 is 0 Å². The summed E-state index contributed by atoms with van der Waals surface area (Å²) in [6, 6.07) is -29.7. The molecule has 0 saturated carbocycles. The molecule has 0 unspecified atom stereocenters. The molecule has 0 aliphatic rings. The van der Waals surface area contributed by atoms with Gasteiger partial charge in [0, 0.05) is 44.0 Å². The molecule has 49 heavy (non-hydrogen) atoms. The van der Waals surface area contributed by atoms with Gasteiger partial charge >= 0.3 is 0 Å². The molecule has 0 amide bonds. The van der Waals surface area contributed by atoms with Gasteiger partial charge in [-0.25, -0.2) is 0 Å². The number of furan rings is 1. The number of hydrogen-bond acceptors (Lipinski definition) is 2. The van der Waals surface area contributed by atoms with Crippen LogP contribution < -0.4 is 4.90 Å². The van der Waals surface area contributed by atoms with Gasteiger partial charge in [-0.05, 0) is 76.9 Å². The third kappa shape index (κ3) is 4.37. The lowest BCUT2D eigenvalue weighted by Crippen LogP contribution is -2.10. The van der Waals surface area contributed by atoms with E-state index in [2.05, 4.69) is 0 Å². The monoisotopic (exact) mass is 656 g/mol. The fourth-order valence-corrected chi connectivity index (χ4v) is 5.50. The van der Waals surface area contributed by atoms with Crippen LogP contribution in [-0.4, -0.2) is 4.57 Å². The molecule has 3 heteroatoms. The Balaban J connectivity index is 1.44. The quantitative estimate of drug-likeness (QED) is 0.184. The van der Waals surface area contributed by atoms with Crippen molar-refractivity contribution in [2.75, 3.05) is 4.90 Å². The Morgan fingerprint density at radius 3 is 1.67 bits per heavy atom. The molecule has 0 radical (unpaired) electrons. The van der Waals surface area contributed by atoms with E-state index in [0.717, 1.165) is 0 Å². The molecular weight excluding hydrogens is 597 g/mol. The molecule has 10 rings (SSSR count). The van der Waals surface area contributed by atoms with E-state index >= 15 is 0 Å². The summed E-state index contributed by atoms with van der Waals surface area (Å²) >= 11 is 0. The standard InChI is InChI=1S/C46H30N2O/c1-2-11-31(12-3-1)32-21-24-34(25-22-32)47(44-20-10-17-40-41-30-23-33-13-4-5-14-37(33)45(41)49-46(40)44)35-26-28-36(29-27-35)48-42-18-8-6-15-38(42)39-16-7-9-19-43(39)48/h1-30H/i1D,2D,3D,4D,5D,6D,7D,8D,9D,10D,11D,12D,13D,14D,15D,16D,17D,18D,19D,20D,21D,22D,23D,24D,25D,26D,27D,28D,29D,30D. The zero-order chi connectivity index (χ0) is 58.4. The minimum absolute atomic E-state index is 0.397. The lowest BCUT2D eigenvalue weighted by atomic mass is 10.0. The first kappa shape index (κ1) is 11.0. The molecule has 0 aliphatic heterocycles. The molecule has 0 N–H and O–H groups in total. The second kappa shape index (κ2) is 11.0. The molecule has 10 aromatic rings. The van der Waals surface area contributed by atoms with Crippen LogP contribution in [0.15, 0.2) is 186 Å². The van der Waals surface area contributed by atoms with Crippen molar-refractivity contribution < 1.29 is 45.5 Å². The second-order valence-electron chi connectivity index (χ2n) is 10.3. The number of benzene rings is 8. The normalized spacial score (nSPS) is 20.2. The van der Waals surface area contributed by atoms with E-state index in [1.165, 1.54) is 0 Å². The summed E-state index contributed by atoms with van der Waals surface area (Å²) in [5.74, 6) is 0. The van der Waals surface area contributed by atoms with E-state index in [4.69, 9.17) is 33.2 Å². The molecule has 0 fully saturated rings. The number of nitrogens with zero attached hydrogens (tertiary/aromatic N) is 2. The third-order valence-corrected chi connectivity index (χ3v) is 7.61. The van der Waals surface area contributed by atoms with Crippen molar-refractivity contribution in [1.82, 2.24) is 4.57 Å². The van der Waals surface area contributed by atoms with Gasteiger partial charge in [-0.3, -0.25) is 0 Å². The average Bonchev–Trinajstić information content (AvgIpc) is 4.21. The largest absolute Gasteiger partial charge is 0.453 e. The molecule has 0 aliphatic carbocycles. The highest BCUT2D eigenvalue weighted by Gasteiger charge is 2.21. The number of hydrogen-bond donors (Lipinski definition) is 0. The molecule has 0 saturated heterocycles. The van der Waals surface area contributed by atoms with Gasteiger partial charge < -0.3 is 13.9 Å². The molecule has 8 aromatic carbocycles. The topological polar surface area (TPSA) is 21.3 Å². The SMILES string of the molecule is [2H]c1c([2H])c([2H])c(-c2c([2H])c([2H])c(N(c3c([2H])c([2H])c(-n4c5c([2H])c([2H])c([2H])c([2H])c5c5c([2H])c([2H])c([2H])c([2H])c54)c([2H])c3[2H])c3c([2H])c([2H])c([2H])c4c3oc3c5c([2H])c([2H])c([2H])c([2H])c5c([2H])c([2H])c34)c([2H])c2[2H])c([2H])c1[2H]. The van der Waals surface area contributed by atoms with Crippen LogP contribution in [-0.2, 0) is 0 Å². The van der Waals surface area contributed by atoms with Crippen LogP contribution in [0.1, 0.15) is 41.1 Å². The number of para-hydroxylation sites is 3. The van der Waals surface area contributed by atoms with Crippen molar-refractivity contribution in [2.45, 2.75) is 0 Å². The Labute approximate surface area is 325 Å². The maximum absolute atomic E-state index is 9.77. The van der Waals surface area contributed by atoms with Gasteiger partial charge in [0.15, 0.2) is 5.58 Å². The van der Waals surface area contributed by atoms with E-state index in [0.29, 0.717) is 9.47 Å². The first-order valence-corrected chi connectivity index (χ1v) is 14.2. The maximum Gasteiger partial charge on any atom is 0.159 e. The highest BCUT2D eigenvalue weighted by atomic mass is 16.3. The van der Waals surface area contributed by atoms with Crippen molar-refractivity contribution in [3.8, 4) is 16.8 Å². The average molecular weight is 657 g/mol. The predicted molar refractivity (Wildman–Crippen MR) is 206 cm³/mol. The molecule has 0 atom stereocenters. The van der Waals surface area contributed by atoms with Gasteiger partial charge in [-0.15, -0.1) is 0 Å². The summed E-state index contributed by atoms with van der Waals surface area (Å²) in [7, 11) is 0. The van der Waals surface area contributed by atoms with E-state index in [1.54, 1.807) is 0 Å². The summed E-state index contributed by atoms with van der Waals surface area (Å²) in [6.07, 6.45) is 0. The Hall–Kier alpha value is -6.58. The molecule has 230 valence electrons. The Morgan fingerprint density at radius 2 is 0.959 bits per heavy atom. The first-order valence-electron chi connectivity index (χ1n) is 29.2. The second-order valence-corrected chi connectivity index (χ2v) is 10.3. The molecular formula is C46H30N2O. The number of fused-ring (bicyclic) bond motifs is 8. The molecule has 3 nitrogen and oxygen atoms in total. The minimum Gasteiger partial charge on any atom is -0.453 e. The Bertz CT molecular complexity index is 4400. The summed E-state index contributed by atoms with van der Waals surface area (Å²) in [6.45, 7) is 0.